The molecule has 2 rings (SSSR count). The Bertz CT molecular complexity index is 721. The van der Waals surface area contributed by atoms with E-state index in [-0.39, 0.29) is 18.3 Å². The highest BCUT2D eigenvalue weighted by Crippen LogP contribution is 2.38. The SMILES string of the molecule is CCN(CC)c1ccc(NC(=O)c2cc(OC)c(OC)c(OC)c2)cc1.Cl. The van der Waals surface area contributed by atoms with Gasteiger partial charge < -0.3 is 24.4 Å². The second-order valence-electron chi connectivity index (χ2n) is 5.59. The second-order valence-corrected chi connectivity index (χ2v) is 5.59. The van der Waals surface area contributed by atoms with Crippen LogP contribution in [0.2, 0.25) is 0 Å². The van der Waals surface area contributed by atoms with Crippen molar-refractivity contribution < 1.29 is 19.0 Å². The summed E-state index contributed by atoms with van der Waals surface area (Å²) in [4.78, 5) is 14.8. The number of anilines is 2. The fraction of sp³-hybridized carbons (Fsp3) is 0.350. The van der Waals surface area contributed by atoms with Crippen LogP contribution in [0.5, 0.6) is 17.2 Å². The van der Waals surface area contributed by atoms with E-state index in [9.17, 15) is 4.79 Å². The molecule has 0 bridgehead atoms. The minimum atomic E-state index is -0.250. The minimum Gasteiger partial charge on any atom is -0.493 e. The van der Waals surface area contributed by atoms with Gasteiger partial charge in [0.2, 0.25) is 5.75 Å². The first kappa shape index (κ1) is 22.4. The van der Waals surface area contributed by atoms with Crippen LogP contribution in [-0.2, 0) is 0 Å². The quantitative estimate of drug-likeness (QED) is 0.725. The lowest BCUT2D eigenvalue weighted by molar-refractivity contribution is 0.102. The maximum absolute atomic E-state index is 12.6. The number of carbonyl (C=O) groups is 1. The topological polar surface area (TPSA) is 60.0 Å². The molecule has 0 spiro atoms. The third-order valence-corrected chi connectivity index (χ3v) is 4.18. The van der Waals surface area contributed by atoms with Gasteiger partial charge in [-0.2, -0.15) is 0 Å². The Balaban J connectivity index is 0.00000364. The Morgan fingerprint density at radius 3 is 1.85 bits per heavy atom. The van der Waals surface area contributed by atoms with Crippen LogP contribution in [0.3, 0.4) is 0 Å². The maximum atomic E-state index is 12.6. The van der Waals surface area contributed by atoms with E-state index in [1.54, 1.807) is 12.1 Å². The van der Waals surface area contributed by atoms with Crippen LogP contribution in [0.15, 0.2) is 36.4 Å². The second kappa shape index (κ2) is 10.5. The number of nitrogens with zero attached hydrogens (tertiary/aromatic N) is 1. The first-order valence-electron chi connectivity index (χ1n) is 8.54. The molecule has 0 radical (unpaired) electrons. The van der Waals surface area contributed by atoms with Crippen molar-refractivity contribution in [1.29, 1.82) is 0 Å². The maximum Gasteiger partial charge on any atom is 0.255 e. The summed E-state index contributed by atoms with van der Waals surface area (Å²) in [6.45, 7) is 6.11. The Morgan fingerprint density at radius 1 is 0.926 bits per heavy atom. The van der Waals surface area contributed by atoms with Gasteiger partial charge >= 0.3 is 0 Å². The lowest BCUT2D eigenvalue weighted by Gasteiger charge is -2.21. The van der Waals surface area contributed by atoms with Crippen LogP contribution in [-0.4, -0.2) is 40.3 Å². The highest BCUT2D eigenvalue weighted by atomic mass is 35.5. The zero-order valence-corrected chi connectivity index (χ0v) is 17.2. The molecule has 7 heteroatoms. The van der Waals surface area contributed by atoms with Crippen molar-refractivity contribution >= 4 is 29.7 Å². The molecule has 2 aromatic rings. The van der Waals surface area contributed by atoms with E-state index in [1.165, 1.54) is 21.3 Å². The van der Waals surface area contributed by atoms with Crippen molar-refractivity contribution in [3.05, 3.63) is 42.0 Å². The third-order valence-electron chi connectivity index (χ3n) is 4.18. The predicted molar refractivity (Wildman–Crippen MR) is 111 cm³/mol. The summed E-state index contributed by atoms with van der Waals surface area (Å²) >= 11 is 0. The molecular formula is C20H27ClN2O4. The standard InChI is InChI=1S/C20H26N2O4.ClH/c1-6-22(7-2)16-10-8-15(9-11-16)21-20(23)14-12-17(24-3)19(26-5)18(13-14)25-4;/h8-13H,6-7H2,1-5H3,(H,21,23);1H. The average Bonchev–Trinajstić information content (AvgIpc) is 2.68. The molecule has 0 unspecified atom stereocenters. The lowest BCUT2D eigenvalue weighted by Crippen LogP contribution is -2.21. The smallest absolute Gasteiger partial charge is 0.255 e. The fourth-order valence-corrected chi connectivity index (χ4v) is 2.76. The number of hydrogen-bond donors (Lipinski definition) is 1. The number of rotatable bonds is 8. The summed E-state index contributed by atoms with van der Waals surface area (Å²) in [7, 11) is 4.56. The van der Waals surface area contributed by atoms with Gasteiger partial charge in [-0.15, -0.1) is 12.4 Å². The Labute approximate surface area is 166 Å². The molecule has 1 amide bonds. The third kappa shape index (κ3) is 5.20. The average molecular weight is 395 g/mol. The van der Waals surface area contributed by atoms with Gasteiger partial charge in [0.05, 0.1) is 21.3 Å². The van der Waals surface area contributed by atoms with Gasteiger partial charge in [0.15, 0.2) is 11.5 Å². The van der Waals surface area contributed by atoms with Crippen molar-refractivity contribution in [2.24, 2.45) is 0 Å². The molecule has 6 nitrogen and oxygen atoms in total. The van der Waals surface area contributed by atoms with Gasteiger partial charge in [-0.05, 0) is 50.2 Å². The highest BCUT2D eigenvalue weighted by molar-refractivity contribution is 6.05. The number of benzene rings is 2. The molecule has 0 aliphatic carbocycles. The monoisotopic (exact) mass is 394 g/mol. The highest BCUT2D eigenvalue weighted by Gasteiger charge is 2.17. The molecule has 27 heavy (non-hydrogen) atoms. The molecule has 148 valence electrons. The number of hydrogen-bond acceptors (Lipinski definition) is 5. The Morgan fingerprint density at radius 2 is 1.44 bits per heavy atom. The summed E-state index contributed by atoms with van der Waals surface area (Å²) in [5.41, 5.74) is 2.27. The van der Waals surface area contributed by atoms with E-state index in [0.717, 1.165) is 24.5 Å². The summed E-state index contributed by atoms with van der Waals surface area (Å²) in [6.07, 6.45) is 0. The summed E-state index contributed by atoms with van der Waals surface area (Å²) in [5, 5.41) is 2.89. The summed E-state index contributed by atoms with van der Waals surface area (Å²) in [5.74, 6) is 1.08. The number of amides is 1. The molecule has 0 heterocycles. The molecule has 0 aliphatic rings. The number of ether oxygens (including phenoxy) is 3. The van der Waals surface area contributed by atoms with Crippen molar-refractivity contribution in [2.45, 2.75) is 13.8 Å². The van der Waals surface area contributed by atoms with Gasteiger partial charge in [-0.25, -0.2) is 0 Å². The van der Waals surface area contributed by atoms with E-state index in [4.69, 9.17) is 14.2 Å². The van der Waals surface area contributed by atoms with Crippen LogP contribution in [0.1, 0.15) is 24.2 Å². The van der Waals surface area contributed by atoms with Crippen molar-refractivity contribution in [1.82, 2.24) is 0 Å². The van der Waals surface area contributed by atoms with Crippen LogP contribution in [0, 0.1) is 0 Å². The van der Waals surface area contributed by atoms with Crippen LogP contribution in [0.4, 0.5) is 11.4 Å². The Hall–Kier alpha value is -2.60. The first-order chi connectivity index (χ1) is 12.6. The molecule has 0 aliphatic heterocycles. The molecule has 0 saturated heterocycles. The van der Waals surface area contributed by atoms with Gasteiger partial charge in [0, 0.05) is 30.0 Å². The van der Waals surface area contributed by atoms with Crippen molar-refractivity contribution in [3.8, 4) is 17.2 Å². The number of halogens is 1. The molecule has 0 aromatic heterocycles. The largest absolute Gasteiger partial charge is 0.493 e. The van der Waals surface area contributed by atoms with Crippen molar-refractivity contribution in [2.75, 3.05) is 44.6 Å². The van der Waals surface area contributed by atoms with E-state index in [0.29, 0.717) is 22.8 Å². The van der Waals surface area contributed by atoms with Gasteiger partial charge in [-0.3, -0.25) is 4.79 Å². The van der Waals surface area contributed by atoms with E-state index >= 15 is 0 Å². The summed E-state index contributed by atoms with van der Waals surface area (Å²) in [6, 6.07) is 11.0. The molecule has 2 aromatic carbocycles. The zero-order valence-electron chi connectivity index (χ0n) is 16.4. The minimum absolute atomic E-state index is 0. The lowest BCUT2D eigenvalue weighted by atomic mass is 10.1. The number of methoxy groups -OCH3 is 3. The van der Waals surface area contributed by atoms with Crippen molar-refractivity contribution in [3.63, 3.8) is 0 Å². The van der Waals surface area contributed by atoms with Gasteiger partial charge in [0.1, 0.15) is 0 Å². The van der Waals surface area contributed by atoms with Crippen LogP contribution < -0.4 is 24.4 Å². The Kier molecular flexibility index (Phi) is 8.75. The molecule has 0 fully saturated rings. The van der Waals surface area contributed by atoms with E-state index in [1.807, 2.05) is 24.3 Å². The zero-order chi connectivity index (χ0) is 19.1. The molecular weight excluding hydrogens is 368 g/mol. The predicted octanol–water partition coefficient (Wildman–Crippen LogP) is 4.23. The van der Waals surface area contributed by atoms with Crippen LogP contribution >= 0.6 is 12.4 Å². The normalized spacial score (nSPS) is 9.81. The fourth-order valence-electron chi connectivity index (χ4n) is 2.76. The number of nitrogens with one attached hydrogen (secondary N) is 1. The summed E-state index contributed by atoms with van der Waals surface area (Å²) < 4.78 is 15.9. The van der Waals surface area contributed by atoms with Gasteiger partial charge in [0.25, 0.3) is 5.91 Å². The van der Waals surface area contributed by atoms with E-state index in [2.05, 4.69) is 24.1 Å². The van der Waals surface area contributed by atoms with E-state index < -0.39 is 0 Å². The van der Waals surface area contributed by atoms with Gasteiger partial charge in [-0.1, -0.05) is 0 Å². The van der Waals surface area contributed by atoms with Crippen LogP contribution in [0.25, 0.3) is 0 Å². The molecule has 0 saturated carbocycles. The molecule has 1 N–H and O–H groups in total. The first-order valence-corrected chi connectivity index (χ1v) is 8.54. The number of carbonyl (C=O) groups excluding carboxylic acids is 1. The molecule has 0 atom stereocenters.